The summed E-state index contributed by atoms with van der Waals surface area (Å²) in [6.07, 6.45) is 1.12. The van der Waals surface area contributed by atoms with Crippen LogP contribution in [0, 0.1) is 0 Å². The lowest BCUT2D eigenvalue weighted by atomic mass is 9.90. The number of alkyl halides is 3. The Morgan fingerprint density at radius 2 is 1.70 bits per heavy atom. The standard InChI is InChI=1S/C21H27F3N4O2/c22-21(23,24)16-6-5-7-17(14-16)27-12-10-26(11-13-27)15-28-18(29)20(25-19(28)30)8-3-1-2-4-9-20/h5-7,14H,1-4,8-13,15H2,(H,25,30)/p+1. The maximum absolute atomic E-state index is 13.0. The Balaban J connectivity index is 1.36. The third-order valence-corrected chi connectivity index (χ3v) is 6.59. The molecule has 1 saturated carbocycles. The van der Waals surface area contributed by atoms with Crippen molar-refractivity contribution in [2.24, 2.45) is 0 Å². The molecule has 2 heterocycles. The summed E-state index contributed by atoms with van der Waals surface area (Å²) in [7, 11) is 0. The van der Waals surface area contributed by atoms with Crippen molar-refractivity contribution in [2.75, 3.05) is 37.7 Å². The lowest BCUT2D eigenvalue weighted by Gasteiger charge is -2.35. The summed E-state index contributed by atoms with van der Waals surface area (Å²) >= 11 is 0. The van der Waals surface area contributed by atoms with Crippen LogP contribution in [0.2, 0.25) is 0 Å². The molecule has 3 aliphatic rings. The Kier molecular flexibility index (Phi) is 5.65. The number of anilines is 1. The van der Waals surface area contributed by atoms with Crippen LogP contribution >= 0.6 is 0 Å². The predicted molar refractivity (Wildman–Crippen MR) is 105 cm³/mol. The van der Waals surface area contributed by atoms with E-state index in [9.17, 15) is 22.8 Å². The van der Waals surface area contributed by atoms with Gasteiger partial charge in [-0.15, -0.1) is 0 Å². The maximum atomic E-state index is 13.0. The van der Waals surface area contributed by atoms with Gasteiger partial charge in [0, 0.05) is 5.69 Å². The third-order valence-electron chi connectivity index (χ3n) is 6.59. The summed E-state index contributed by atoms with van der Waals surface area (Å²) in [6, 6.07) is 5.06. The first-order valence-corrected chi connectivity index (χ1v) is 10.7. The van der Waals surface area contributed by atoms with E-state index < -0.39 is 17.3 Å². The molecule has 0 unspecified atom stereocenters. The van der Waals surface area contributed by atoms with E-state index in [2.05, 4.69) is 5.32 Å². The van der Waals surface area contributed by atoms with Gasteiger partial charge in [-0.05, 0) is 31.0 Å². The van der Waals surface area contributed by atoms with Crippen molar-refractivity contribution in [1.82, 2.24) is 10.2 Å². The lowest BCUT2D eigenvalue weighted by molar-refractivity contribution is -0.907. The van der Waals surface area contributed by atoms with Crippen molar-refractivity contribution >= 4 is 17.6 Å². The number of urea groups is 1. The fourth-order valence-electron chi connectivity index (χ4n) is 4.83. The molecular formula is C21H28F3N4O2+. The fraction of sp³-hybridized carbons (Fsp3) is 0.619. The molecule has 1 aromatic carbocycles. The molecule has 2 N–H and O–H groups in total. The number of benzene rings is 1. The average Bonchev–Trinajstić information content (AvgIpc) is 2.88. The lowest BCUT2D eigenvalue weighted by Crippen LogP contribution is -3.16. The second-order valence-electron chi connectivity index (χ2n) is 8.60. The Hall–Kier alpha value is -2.29. The van der Waals surface area contributed by atoms with Crippen LogP contribution in [0.1, 0.15) is 44.1 Å². The quantitative estimate of drug-likeness (QED) is 0.729. The molecule has 0 radical (unpaired) electrons. The van der Waals surface area contributed by atoms with Gasteiger partial charge in [0.2, 0.25) is 0 Å². The van der Waals surface area contributed by atoms with Crippen molar-refractivity contribution in [3.63, 3.8) is 0 Å². The number of rotatable bonds is 3. The molecule has 0 atom stereocenters. The average molecular weight is 425 g/mol. The van der Waals surface area contributed by atoms with Crippen LogP contribution in [0.5, 0.6) is 0 Å². The molecular weight excluding hydrogens is 397 g/mol. The summed E-state index contributed by atoms with van der Waals surface area (Å²) in [5, 5.41) is 2.96. The molecule has 9 heteroatoms. The minimum Gasteiger partial charge on any atom is -0.360 e. The van der Waals surface area contributed by atoms with Gasteiger partial charge in [-0.25, -0.2) is 9.69 Å². The number of halogens is 3. The zero-order valence-electron chi connectivity index (χ0n) is 16.9. The van der Waals surface area contributed by atoms with Crippen molar-refractivity contribution in [2.45, 2.75) is 50.2 Å². The SMILES string of the molecule is O=C1NC2(CCCCCC2)C(=O)N1C[NH+]1CCN(c2cccc(C(F)(F)F)c2)CC1. The number of piperazine rings is 1. The van der Waals surface area contributed by atoms with Crippen molar-refractivity contribution < 1.29 is 27.7 Å². The Labute approximate surface area is 174 Å². The van der Waals surface area contributed by atoms with Crippen LogP contribution in [0.3, 0.4) is 0 Å². The number of amides is 3. The highest BCUT2D eigenvalue weighted by Crippen LogP contribution is 2.33. The molecule has 1 aliphatic carbocycles. The molecule has 30 heavy (non-hydrogen) atoms. The van der Waals surface area contributed by atoms with Crippen LogP contribution < -0.4 is 15.1 Å². The van der Waals surface area contributed by atoms with Gasteiger partial charge in [-0.1, -0.05) is 31.7 Å². The van der Waals surface area contributed by atoms with E-state index >= 15 is 0 Å². The molecule has 2 aliphatic heterocycles. The number of imide groups is 1. The van der Waals surface area contributed by atoms with Crippen LogP contribution in [-0.4, -0.2) is 55.2 Å². The third kappa shape index (κ3) is 4.12. The van der Waals surface area contributed by atoms with E-state index in [1.807, 2.05) is 4.90 Å². The molecule has 0 aromatic heterocycles. The highest BCUT2D eigenvalue weighted by molar-refractivity contribution is 6.06. The van der Waals surface area contributed by atoms with E-state index in [-0.39, 0.29) is 11.9 Å². The molecule has 4 rings (SSSR count). The Morgan fingerprint density at radius 3 is 2.33 bits per heavy atom. The predicted octanol–water partition coefficient (Wildman–Crippen LogP) is 2.01. The number of carbonyl (C=O) groups excluding carboxylic acids is 2. The first-order chi connectivity index (χ1) is 14.3. The smallest absolute Gasteiger partial charge is 0.360 e. The van der Waals surface area contributed by atoms with Gasteiger partial charge < -0.3 is 15.1 Å². The van der Waals surface area contributed by atoms with Crippen LogP contribution in [0.4, 0.5) is 23.7 Å². The number of carbonyl (C=O) groups is 2. The maximum Gasteiger partial charge on any atom is 0.416 e. The van der Waals surface area contributed by atoms with Gasteiger partial charge >= 0.3 is 12.2 Å². The number of nitrogens with zero attached hydrogens (tertiary/aromatic N) is 2. The van der Waals surface area contributed by atoms with E-state index in [1.165, 1.54) is 17.0 Å². The summed E-state index contributed by atoms with van der Waals surface area (Å²) in [5.41, 5.74) is -0.827. The molecule has 1 spiro atoms. The highest BCUT2D eigenvalue weighted by Gasteiger charge is 2.51. The second-order valence-corrected chi connectivity index (χ2v) is 8.60. The van der Waals surface area contributed by atoms with Crippen LogP contribution in [0.25, 0.3) is 0 Å². The fourth-order valence-corrected chi connectivity index (χ4v) is 4.83. The molecule has 3 amide bonds. The summed E-state index contributed by atoms with van der Waals surface area (Å²) in [6.45, 7) is 2.76. The Bertz CT molecular complexity index is 798. The zero-order chi connectivity index (χ0) is 21.4. The molecule has 3 fully saturated rings. The van der Waals surface area contributed by atoms with Gasteiger partial charge in [0.05, 0.1) is 31.7 Å². The van der Waals surface area contributed by atoms with Gasteiger partial charge in [-0.2, -0.15) is 13.2 Å². The zero-order valence-corrected chi connectivity index (χ0v) is 16.9. The highest BCUT2D eigenvalue weighted by atomic mass is 19.4. The Morgan fingerprint density at radius 1 is 1.03 bits per heavy atom. The minimum atomic E-state index is -4.36. The van der Waals surface area contributed by atoms with Gasteiger partial charge in [0.15, 0.2) is 6.67 Å². The monoisotopic (exact) mass is 425 g/mol. The largest absolute Gasteiger partial charge is 0.416 e. The first kappa shape index (κ1) is 21.0. The van der Waals surface area contributed by atoms with Gasteiger partial charge in [0.25, 0.3) is 5.91 Å². The normalized spacial score (nSPS) is 23.0. The topological polar surface area (TPSA) is 57.1 Å². The van der Waals surface area contributed by atoms with Gasteiger partial charge in [0.1, 0.15) is 5.54 Å². The van der Waals surface area contributed by atoms with Gasteiger partial charge in [-0.3, -0.25) is 4.79 Å². The second kappa shape index (κ2) is 8.09. The molecule has 1 aromatic rings. The van der Waals surface area contributed by atoms with Crippen molar-refractivity contribution in [3.05, 3.63) is 29.8 Å². The number of hydrogen-bond donors (Lipinski definition) is 2. The van der Waals surface area contributed by atoms with Crippen LogP contribution in [0.15, 0.2) is 24.3 Å². The number of nitrogens with one attached hydrogen (secondary N) is 2. The summed E-state index contributed by atoms with van der Waals surface area (Å²) < 4.78 is 38.9. The summed E-state index contributed by atoms with van der Waals surface area (Å²) in [4.78, 5) is 29.9. The van der Waals surface area contributed by atoms with E-state index in [4.69, 9.17) is 0 Å². The minimum absolute atomic E-state index is 0.109. The number of quaternary nitrogens is 1. The summed E-state index contributed by atoms with van der Waals surface area (Å²) in [5.74, 6) is -0.109. The van der Waals surface area contributed by atoms with Crippen LogP contribution in [-0.2, 0) is 11.0 Å². The first-order valence-electron chi connectivity index (χ1n) is 10.7. The molecule has 0 bridgehead atoms. The van der Waals surface area contributed by atoms with E-state index in [0.29, 0.717) is 51.4 Å². The molecule has 2 saturated heterocycles. The molecule has 164 valence electrons. The number of hydrogen-bond acceptors (Lipinski definition) is 3. The van der Waals surface area contributed by atoms with E-state index in [1.54, 1.807) is 6.07 Å². The van der Waals surface area contributed by atoms with Crippen molar-refractivity contribution in [3.8, 4) is 0 Å². The van der Waals surface area contributed by atoms with Crippen molar-refractivity contribution in [1.29, 1.82) is 0 Å². The van der Waals surface area contributed by atoms with E-state index in [0.717, 1.165) is 36.6 Å². The molecule has 6 nitrogen and oxygen atoms in total.